The summed E-state index contributed by atoms with van der Waals surface area (Å²) in [5.41, 5.74) is 3.86. The third-order valence-corrected chi connectivity index (χ3v) is 4.90. The SMILES string of the molecule is COc1ccccc1/C=N/Nc1nc(N2CCCC2)nc(N2CCCC2)n1. The number of nitrogens with one attached hydrogen (secondary N) is 1. The van der Waals surface area contributed by atoms with Crippen LogP contribution >= 0.6 is 0 Å². The van der Waals surface area contributed by atoms with Gasteiger partial charge in [-0.3, -0.25) is 0 Å². The molecule has 1 N–H and O–H groups in total. The van der Waals surface area contributed by atoms with Gasteiger partial charge in [-0.1, -0.05) is 12.1 Å². The van der Waals surface area contributed by atoms with Crippen molar-refractivity contribution in [2.75, 3.05) is 48.5 Å². The first-order valence-corrected chi connectivity index (χ1v) is 9.51. The Bertz CT molecular complexity index is 764. The molecular formula is C19H25N7O. The van der Waals surface area contributed by atoms with Crippen LogP contribution in [-0.2, 0) is 0 Å². The Hall–Kier alpha value is -2.90. The fourth-order valence-electron chi connectivity index (χ4n) is 3.45. The quantitative estimate of drug-likeness (QED) is 0.621. The van der Waals surface area contributed by atoms with Gasteiger partial charge >= 0.3 is 0 Å². The van der Waals surface area contributed by atoms with E-state index in [1.54, 1.807) is 13.3 Å². The zero-order valence-electron chi connectivity index (χ0n) is 15.6. The van der Waals surface area contributed by atoms with Crippen molar-refractivity contribution in [1.82, 2.24) is 15.0 Å². The number of hydrogen-bond acceptors (Lipinski definition) is 8. The van der Waals surface area contributed by atoms with Crippen LogP contribution < -0.4 is 20.0 Å². The van der Waals surface area contributed by atoms with Gasteiger partial charge in [-0.25, -0.2) is 5.43 Å². The summed E-state index contributed by atoms with van der Waals surface area (Å²) in [5.74, 6) is 2.72. The molecule has 1 aromatic heterocycles. The molecule has 3 heterocycles. The van der Waals surface area contributed by atoms with Gasteiger partial charge in [-0.2, -0.15) is 20.1 Å². The maximum absolute atomic E-state index is 5.35. The predicted octanol–water partition coefficient (Wildman–Crippen LogP) is 2.53. The largest absolute Gasteiger partial charge is 0.496 e. The third-order valence-electron chi connectivity index (χ3n) is 4.90. The number of anilines is 3. The first-order valence-electron chi connectivity index (χ1n) is 9.51. The third kappa shape index (κ3) is 4.10. The van der Waals surface area contributed by atoms with Gasteiger partial charge in [0.25, 0.3) is 0 Å². The molecule has 27 heavy (non-hydrogen) atoms. The fraction of sp³-hybridized carbons (Fsp3) is 0.474. The Balaban J connectivity index is 1.56. The molecule has 4 rings (SSSR count). The molecule has 0 spiro atoms. The number of rotatable bonds is 6. The average molecular weight is 367 g/mol. The first kappa shape index (κ1) is 17.5. The van der Waals surface area contributed by atoms with Gasteiger partial charge in [-0.05, 0) is 37.8 Å². The second kappa shape index (κ2) is 8.20. The van der Waals surface area contributed by atoms with E-state index in [2.05, 4.69) is 30.3 Å². The topological polar surface area (TPSA) is 78.8 Å². The minimum atomic E-state index is 0.472. The van der Waals surface area contributed by atoms with Crippen molar-refractivity contribution in [2.45, 2.75) is 25.7 Å². The summed E-state index contributed by atoms with van der Waals surface area (Å²) in [7, 11) is 1.65. The molecule has 0 bridgehead atoms. The van der Waals surface area contributed by atoms with Crippen molar-refractivity contribution < 1.29 is 4.74 Å². The van der Waals surface area contributed by atoms with Gasteiger partial charge < -0.3 is 14.5 Å². The maximum atomic E-state index is 5.35. The molecule has 0 saturated carbocycles. The molecule has 2 fully saturated rings. The van der Waals surface area contributed by atoms with Crippen molar-refractivity contribution in [3.05, 3.63) is 29.8 Å². The molecule has 1 aromatic carbocycles. The molecule has 0 unspecified atom stereocenters. The van der Waals surface area contributed by atoms with Gasteiger partial charge in [0, 0.05) is 31.7 Å². The van der Waals surface area contributed by atoms with E-state index in [4.69, 9.17) is 9.72 Å². The van der Waals surface area contributed by atoms with Gasteiger partial charge in [0.15, 0.2) is 0 Å². The van der Waals surface area contributed by atoms with Gasteiger partial charge in [-0.15, -0.1) is 0 Å². The summed E-state index contributed by atoms with van der Waals surface area (Å²) >= 11 is 0. The number of nitrogens with zero attached hydrogens (tertiary/aromatic N) is 6. The molecule has 0 amide bonds. The Labute approximate surface area is 159 Å². The lowest BCUT2D eigenvalue weighted by molar-refractivity contribution is 0.414. The number of aromatic nitrogens is 3. The molecule has 8 heteroatoms. The zero-order valence-corrected chi connectivity index (χ0v) is 15.6. The summed E-state index contributed by atoms with van der Waals surface area (Å²) in [6.45, 7) is 3.97. The standard InChI is InChI=1S/C19H25N7O/c1-27-16-9-3-2-8-15(16)14-20-24-17-21-18(25-10-4-5-11-25)23-19(22-17)26-12-6-7-13-26/h2-3,8-9,14H,4-7,10-13H2,1H3,(H,21,22,23,24)/b20-14+. The molecule has 2 aromatic rings. The van der Waals surface area contributed by atoms with Crippen LogP contribution in [0.25, 0.3) is 0 Å². The van der Waals surface area contributed by atoms with Gasteiger partial charge in [0.1, 0.15) is 5.75 Å². The molecular weight excluding hydrogens is 342 g/mol. The molecule has 0 atom stereocenters. The Morgan fingerprint density at radius 1 is 0.926 bits per heavy atom. The van der Waals surface area contributed by atoms with E-state index in [0.29, 0.717) is 5.95 Å². The maximum Gasteiger partial charge on any atom is 0.250 e. The summed E-state index contributed by atoms with van der Waals surface area (Å²) in [6, 6.07) is 7.73. The number of ether oxygens (including phenoxy) is 1. The number of hydrogen-bond donors (Lipinski definition) is 1. The number of benzene rings is 1. The lowest BCUT2D eigenvalue weighted by Gasteiger charge is -2.20. The van der Waals surface area contributed by atoms with E-state index < -0.39 is 0 Å². The number of hydrazone groups is 1. The van der Waals surface area contributed by atoms with Crippen molar-refractivity contribution in [2.24, 2.45) is 5.10 Å². The predicted molar refractivity (Wildman–Crippen MR) is 107 cm³/mol. The summed E-state index contributed by atoms with van der Waals surface area (Å²) in [5, 5.41) is 4.31. The van der Waals surface area contributed by atoms with Crippen molar-refractivity contribution in [1.29, 1.82) is 0 Å². The van der Waals surface area contributed by atoms with Gasteiger partial charge in [0.05, 0.1) is 13.3 Å². The molecule has 2 aliphatic heterocycles. The highest BCUT2D eigenvalue weighted by Gasteiger charge is 2.21. The number of methoxy groups -OCH3 is 1. The van der Waals surface area contributed by atoms with Crippen LogP contribution in [0.1, 0.15) is 31.2 Å². The van der Waals surface area contributed by atoms with E-state index in [0.717, 1.165) is 49.4 Å². The molecule has 8 nitrogen and oxygen atoms in total. The summed E-state index contributed by atoms with van der Waals surface area (Å²) < 4.78 is 5.35. The van der Waals surface area contributed by atoms with Crippen LogP contribution in [0, 0.1) is 0 Å². The Kier molecular flexibility index (Phi) is 5.32. The summed E-state index contributed by atoms with van der Waals surface area (Å²) in [4.78, 5) is 18.3. The molecule has 142 valence electrons. The highest BCUT2D eigenvalue weighted by Crippen LogP contribution is 2.23. The second-order valence-electron chi connectivity index (χ2n) is 6.76. The normalized spacial score (nSPS) is 17.1. The lowest BCUT2D eigenvalue weighted by Crippen LogP contribution is -2.25. The molecule has 2 aliphatic rings. The van der Waals surface area contributed by atoms with E-state index in [-0.39, 0.29) is 0 Å². The van der Waals surface area contributed by atoms with Crippen molar-refractivity contribution in [3.8, 4) is 5.75 Å². The molecule has 0 aliphatic carbocycles. The minimum Gasteiger partial charge on any atom is -0.496 e. The smallest absolute Gasteiger partial charge is 0.250 e. The van der Waals surface area contributed by atoms with Crippen molar-refractivity contribution >= 4 is 24.1 Å². The Morgan fingerprint density at radius 3 is 2.11 bits per heavy atom. The number of para-hydroxylation sites is 1. The van der Waals surface area contributed by atoms with Gasteiger partial charge in [0.2, 0.25) is 17.8 Å². The average Bonchev–Trinajstić information content (AvgIpc) is 3.42. The Morgan fingerprint density at radius 2 is 1.52 bits per heavy atom. The van der Waals surface area contributed by atoms with E-state index in [9.17, 15) is 0 Å². The van der Waals surface area contributed by atoms with Crippen LogP contribution in [0.3, 0.4) is 0 Å². The zero-order chi connectivity index (χ0) is 18.5. The highest BCUT2D eigenvalue weighted by atomic mass is 16.5. The van der Waals surface area contributed by atoms with Crippen LogP contribution in [0.15, 0.2) is 29.4 Å². The van der Waals surface area contributed by atoms with Crippen LogP contribution in [0.5, 0.6) is 5.75 Å². The fourth-order valence-corrected chi connectivity index (χ4v) is 3.45. The summed E-state index contributed by atoms with van der Waals surface area (Å²) in [6.07, 6.45) is 6.44. The van der Waals surface area contributed by atoms with E-state index in [1.165, 1.54) is 25.7 Å². The minimum absolute atomic E-state index is 0.472. The monoisotopic (exact) mass is 367 g/mol. The lowest BCUT2D eigenvalue weighted by atomic mass is 10.2. The first-order chi connectivity index (χ1) is 13.3. The van der Waals surface area contributed by atoms with Crippen LogP contribution in [0.4, 0.5) is 17.8 Å². The molecule has 2 saturated heterocycles. The van der Waals surface area contributed by atoms with Crippen LogP contribution in [-0.4, -0.2) is 54.5 Å². The second-order valence-corrected chi connectivity index (χ2v) is 6.76. The highest BCUT2D eigenvalue weighted by molar-refractivity contribution is 5.83. The molecule has 0 radical (unpaired) electrons. The van der Waals surface area contributed by atoms with Crippen molar-refractivity contribution in [3.63, 3.8) is 0 Å². The van der Waals surface area contributed by atoms with Crippen LogP contribution in [0.2, 0.25) is 0 Å². The van der Waals surface area contributed by atoms with E-state index >= 15 is 0 Å². The van der Waals surface area contributed by atoms with E-state index in [1.807, 2.05) is 24.3 Å².